The number of aryl methyl sites for hydroxylation is 2. The number of amides is 3. The largest absolute Gasteiger partial charge is 0.312 e. The summed E-state index contributed by atoms with van der Waals surface area (Å²) in [6.45, 7) is 2.49. The SMILES string of the molecule is Cc1ccccc1C(=O)NNC(=O)CCC(=O)N1CCCc2ccccc21. The Hall–Kier alpha value is -3.15. The highest BCUT2D eigenvalue weighted by Crippen LogP contribution is 2.27. The summed E-state index contributed by atoms with van der Waals surface area (Å²) in [5.41, 5.74) is 8.18. The Balaban J connectivity index is 1.49. The summed E-state index contributed by atoms with van der Waals surface area (Å²) >= 11 is 0. The van der Waals surface area contributed by atoms with Crippen molar-refractivity contribution >= 4 is 23.4 Å². The summed E-state index contributed by atoms with van der Waals surface area (Å²) in [4.78, 5) is 38.4. The fourth-order valence-corrected chi connectivity index (χ4v) is 3.23. The number of carbonyl (C=O) groups is 3. The Morgan fingerprint density at radius 2 is 1.70 bits per heavy atom. The van der Waals surface area contributed by atoms with Crippen LogP contribution in [0.3, 0.4) is 0 Å². The molecule has 0 spiro atoms. The van der Waals surface area contributed by atoms with E-state index >= 15 is 0 Å². The van der Waals surface area contributed by atoms with E-state index in [9.17, 15) is 14.4 Å². The van der Waals surface area contributed by atoms with E-state index in [1.165, 1.54) is 0 Å². The van der Waals surface area contributed by atoms with Crippen LogP contribution < -0.4 is 15.8 Å². The van der Waals surface area contributed by atoms with Crippen molar-refractivity contribution in [3.05, 3.63) is 65.2 Å². The van der Waals surface area contributed by atoms with Crippen molar-refractivity contribution < 1.29 is 14.4 Å². The van der Waals surface area contributed by atoms with E-state index in [4.69, 9.17) is 0 Å². The van der Waals surface area contributed by atoms with Gasteiger partial charge < -0.3 is 4.90 Å². The second-order valence-electron chi connectivity index (χ2n) is 6.59. The van der Waals surface area contributed by atoms with Crippen LogP contribution in [-0.4, -0.2) is 24.3 Å². The molecule has 3 rings (SSSR count). The van der Waals surface area contributed by atoms with E-state index in [-0.39, 0.29) is 24.7 Å². The molecule has 0 atom stereocenters. The van der Waals surface area contributed by atoms with E-state index < -0.39 is 5.91 Å². The second-order valence-corrected chi connectivity index (χ2v) is 6.59. The molecular formula is C21H23N3O3. The molecular weight excluding hydrogens is 342 g/mol. The van der Waals surface area contributed by atoms with E-state index in [2.05, 4.69) is 10.9 Å². The minimum Gasteiger partial charge on any atom is -0.312 e. The predicted molar refractivity (Wildman–Crippen MR) is 103 cm³/mol. The number of carbonyl (C=O) groups excluding carboxylic acids is 3. The first-order valence-electron chi connectivity index (χ1n) is 9.09. The minimum atomic E-state index is -0.393. The molecule has 1 aliphatic heterocycles. The van der Waals surface area contributed by atoms with Crippen molar-refractivity contribution in [1.82, 2.24) is 10.9 Å². The number of rotatable bonds is 4. The normalized spacial score (nSPS) is 12.9. The Bertz CT molecular complexity index is 863. The van der Waals surface area contributed by atoms with Gasteiger partial charge in [-0.25, -0.2) is 0 Å². The average Bonchev–Trinajstić information content (AvgIpc) is 2.70. The van der Waals surface area contributed by atoms with Crippen LogP contribution in [0.5, 0.6) is 0 Å². The minimum absolute atomic E-state index is 0.0194. The second kappa shape index (κ2) is 8.49. The molecule has 0 aliphatic carbocycles. The topological polar surface area (TPSA) is 78.5 Å². The molecule has 1 heterocycles. The van der Waals surface area contributed by atoms with E-state index in [0.29, 0.717) is 12.1 Å². The summed E-state index contributed by atoms with van der Waals surface area (Å²) in [7, 11) is 0. The Morgan fingerprint density at radius 1 is 0.963 bits per heavy atom. The number of hydrazine groups is 1. The van der Waals surface area contributed by atoms with Crippen LogP contribution >= 0.6 is 0 Å². The predicted octanol–water partition coefficient (Wildman–Crippen LogP) is 2.52. The lowest BCUT2D eigenvalue weighted by atomic mass is 10.0. The molecule has 2 aromatic carbocycles. The van der Waals surface area contributed by atoms with Crippen molar-refractivity contribution in [2.24, 2.45) is 0 Å². The number of nitrogens with zero attached hydrogens (tertiary/aromatic N) is 1. The lowest BCUT2D eigenvalue weighted by Gasteiger charge is -2.29. The van der Waals surface area contributed by atoms with Crippen LogP contribution in [0.15, 0.2) is 48.5 Å². The maximum absolute atomic E-state index is 12.5. The Morgan fingerprint density at radius 3 is 2.52 bits per heavy atom. The van der Waals surface area contributed by atoms with E-state index in [1.807, 2.05) is 43.3 Å². The molecule has 2 N–H and O–H groups in total. The van der Waals surface area contributed by atoms with Crippen molar-refractivity contribution in [1.29, 1.82) is 0 Å². The Labute approximate surface area is 158 Å². The average molecular weight is 365 g/mol. The molecule has 6 heteroatoms. The van der Waals surface area contributed by atoms with Crippen molar-refractivity contribution in [3.8, 4) is 0 Å². The molecule has 6 nitrogen and oxygen atoms in total. The van der Waals surface area contributed by atoms with Crippen molar-refractivity contribution in [2.75, 3.05) is 11.4 Å². The van der Waals surface area contributed by atoms with Gasteiger partial charge in [-0.2, -0.15) is 0 Å². The summed E-state index contributed by atoms with van der Waals surface area (Å²) < 4.78 is 0. The van der Waals surface area contributed by atoms with Crippen LogP contribution in [0.1, 0.15) is 40.7 Å². The molecule has 0 radical (unpaired) electrons. The van der Waals surface area contributed by atoms with Gasteiger partial charge in [0.2, 0.25) is 11.8 Å². The standard InChI is InChI=1S/C21H23N3O3/c1-15-7-2-4-10-17(15)21(27)23-22-19(25)12-13-20(26)24-14-6-9-16-8-3-5-11-18(16)24/h2-5,7-8,10-11H,6,9,12-14H2,1H3,(H,22,25)(H,23,27). The molecule has 0 aromatic heterocycles. The van der Waals surface area contributed by atoms with Gasteiger partial charge in [-0.05, 0) is 43.0 Å². The van der Waals surface area contributed by atoms with Gasteiger partial charge in [-0.1, -0.05) is 36.4 Å². The molecule has 0 saturated heterocycles. The lowest BCUT2D eigenvalue weighted by molar-refractivity contribution is -0.125. The zero-order valence-electron chi connectivity index (χ0n) is 15.3. The van der Waals surface area contributed by atoms with Crippen LogP contribution in [-0.2, 0) is 16.0 Å². The Kier molecular flexibility index (Phi) is 5.86. The summed E-state index contributed by atoms with van der Waals surface area (Å²) in [5, 5.41) is 0. The van der Waals surface area contributed by atoms with Crippen molar-refractivity contribution in [3.63, 3.8) is 0 Å². The van der Waals surface area contributed by atoms with Gasteiger partial charge in [0.15, 0.2) is 0 Å². The highest BCUT2D eigenvalue weighted by Gasteiger charge is 2.22. The molecule has 27 heavy (non-hydrogen) atoms. The molecule has 1 aliphatic rings. The fourth-order valence-electron chi connectivity index (χ4n) is 3.23. The molecule has 0 fully saturated rings. The van der Waals surface area contributed by atoms with Crippen LogP contribution in [0.25, 0.3) is 0 Å². The number of para-hydroxylation sites is 1. The first-order chi connectivity index (χ1) is 13.1. The van der Waals surface area contributed by atoms with Gasteiger partial charge in [-0.3, -0.25) is 25.2 Å². The van der Waals surface area contributed by atoms with Gasteiger partial charge in [-0.15, -0.1) is 0 Å². The monoisotopic (exact) mass is 365 g/mol. The summed E-state index contributed by atoms with van der Waals surface area (Å²) in [5.74, 6) is -0.851. The van der Waals surface area contributed by atoms with E-state index in [0.717, 1.165) is 29.7 Å². The van der Waals surface area contributed by atoms with Gasteiger partial charge in [0, 0.05) is 30.6 Å². The molecule has 0 unspecified atom stereocenters. The number of benzene rings is 2. The third-order valence-corrected chi connectivity index (χ3v) is 4.68. The lowest BCUT2D eigenvalue weighted by Crippen LogP contribution is -2.42. The fraction of sp³-hybridized carbons (Fsp3) is 0.286. The molecule has 2 aromatic rings. The first-order valence-corrected chi connectivity index (χ1v) is 9.09. The summed E-state index contributed by atoms with van der Waals surface area (Å²) in [6.07, 6.45) is 2.00. The zero-order valence-corrected chi connectivity index (χ0v) is 15.3. The molecule has 3 amide bonds. The number of hydrogen-bond donors (Lipinski definition) is 2. The number of hydrogen-bond acceptors (Lipinski definition) is 3. The first kappa shape index (κ1) is 18.6. The number of nitrogens with one attached hydrogen (secondary N) is 2. The van der Waals surface area contributed by atoms with Gasteiger partial charge in [0.1, 0.15) is 0 Å². The molecule has 0 saturated carbocycles. The van der Waals surface area contributed by atoms with Gasteiger partial charge in [0.25, 0.3) is 5.91 Å². The van der Waals surface area contributed by atoms with Gasteiger partial charge >= 0.3 is 0 Å². The van der Waals surface area contributed by atoms with Gasteiger partial charge in [0.05, 0.1) is 0 Å². The molecule has 140 valence electrons. The maximum Gasteiger partial charge on any atom is 0.269 e. The van der Waals surface area contributed by atoms with E-state index in [1.54, 1.807) is 17.0 Å². The number of fused-ring (bicyclic) bond motifs is 1. The summed E-state index contributed by atoms with van der Waals surface area (Å²) in [6, 6.07) is 15.0. The third kappa shape index (κ3) is 4.53. The van der Waals surface area contributed by atoms with Crippen LogP contribution in [0.2, 0.25) is 0 Å². The zero-order chi connectivity index (χ0) is 19.2. The third-order valence-electron chi connectivity index (χ3n) is 4.68. The van der Waals surface area contributed by atoms with Crippen LogP contribution in [0.4, 0.5) is 5.69 Å². The van der Waals surface area contributed by atoms with Crippen LogP contribution in [0, 0.1) is 6.92 Å². The highest BCUT2D eigenvalue weighted by molar-refractivity contribution is 5.98. The smallest absolute Gasteiger partial charge is 0.269 e. The maximum atomic E-state index is 12.5. The highest BCUT2D eigenvalue weighted by atomic mass is 16.2. The van der Waals surface area contributed by atoms with Crippen molar-refractivity contribution in [2.45, 2.75) is 32.6 Å². The quantitative estimate of drug-likeness (QED) is 0.817. The molecule has 0 bridgehead atoms. The number of anilines is 1.